The zero-order valence-corrected chi connectivity index (χ0v) is 15.3. The highest BCUT2D eigenvalue weighted by Crippen LogP contribution is 2.35. The molecule has 0 spiro atoms. The first-order valence-corrected chi connectivity index (χ1v) is 9.61. The maximum Gasteiger partial charge on any atom is 0.251 e. The van der Waals surface area contributed by atoms with Gasteiger partial charge in [0.15, 0.2) is 0 Å². The fourth-order valence-corrected chi connectivity index (χ4v) is 4.71. The summed E-state index contributed by atoms with van der Waals surface area (Å²) in [7, 11) is -3.72. The van der Waals surface area contributed by atoms with Gasteiger partial charge in [0.25, 0.3) is 5.91 Å². The number of carbonyl (C=O) groups excluding carboxylic acids is 2. The number of amides is 2. The number of benzene rings is 1. The molecule has 1 N–H and O–H groups in total. The fraction of sp³-hybridized carbons (Fsp3) is 0.529. The zero-order valence-electron chi connectivity index (χ0n) is 14.5. The van der Waals surface area contributed by atoms with Gasteiger partial charge in [0.2, 0.25) is 15.9 Å². The molecule has 0 unspecified atom stereocenters. The molecule has 7 heteroatoms. The molecule has 0 aromatic heterocycles. The maximum absolute atomic E-state index is 12.4. The molecule has 1 heterocycles. The first kappa shape index (κ1) is 18.4. The van der Waals surface area contributed by atoms with Crippen LogP contribution in [0.15, 0.2) is 24.3 Å². The molecule has 0 saturated carbocycles. The third kappa shape index (κ3) is 3.77. The number of nitrogens with one attached hydrogen (secondary N) is 1. The summed E-state index contributed by atoms with van der Waals surface area (Å²) in [5.74, 6) is -0.504. The lowest BCUT2D eigenvalue weighted by Gasteiger charge is -2.18. The van der Waals surface area contributed by atoms with Crippen LogP contribution in [0.1, 0.15) is 44.5 Å². The van der Waals surface area contributed by atoms with Crippen molar-refractivity contribution in [2.24, 2.45) is 11.3 Å². The van der Waals surface area contributed by atoms with Crippen LogP contribution >= 0.6 is 0 Å². The second-order valence-electron chi connectivity index (χ2n) is 7.20. The van der Waals surface area contributed by atoms with E-state index < -0.39 is 21.3 Å². The largest absolute Gasteiger partial charge is 0.352 e. The van der Waals surface area contributed by atoms with Crippen molar-refractivity contribution in [1.29, 1.82) is 0 Å². The van der Waals surface area contributed by atoms with E-state index in [4.69, 9.17) is 0 Å². The fourth-order valence-electron chi connectivity index (χ4n) is 2.61. The number of carbonyl (C=O) groups is 2. The molecule has 0 atom stereocenters. The van der Waals surface area contributed by atoms with Crippen LogP contribution in [0.2, 0.25) is 0 Å². The smallest absolute Gasteiger partial charge is 0.251 e. The quantitative estimate of drug-likeness (QED) is 0.880. The summed E-state index contributed by atoms with van der Waals surface area (Å²) in [6, 6.07) is 6.16. The molecule has 6 nitrogen and oxygen atoms in total. The standard InChI is InChI=1S/C17H24N2O4S/c1-12(2)8-9-18-15(20)13-6-5-7-14(10-13)19-16(21)17(3,4)11-24(19,22)23/h5-7,10,12H,8-9,11H2,1-4H3,(H,18,20). The maximum atomic E-state index is 12.4. The first-order valence-electron chi connectivity index (χ1n) is 8.00. The van der Waals surface area contributed by atoms with Gasteiger partial charge in [0.1, 0.15) is 0 Å². The lowest BCUT2D eigenvalue weighted by molar-refractivity contribution is -0.123. The highest BCUT2D eigenvalue weighted by atomic mass is 32.2. The van der Waals surface area contributed by atoms with E-state index in [0.29, 0.717) is 18.0 Å². The second kappa shape index (κ2) is 6.55. The van der Waals surface area contributed by atoms with Crippen molar-refractivity contribution >= 4 is 27.5 Å². The van der Waals surface area contributed by atoms with Crippen LogP contribution in [0.25, 0.3) is 0 Å². The van der Waals surface area contributed by atoms with Gasteiger partial charge >= 0.3 is 0 Å². The van der Waals surface area contributed by atoms with E-state index in [1.807, 2.05) is 0 Å². The number of rotatable bonds is 5. The zero-order chi connectivity index (χ0) is 18.1. The molecule has 0 bridgehead atoms. The molecular weight excluding hydrogens is 328 g/mol. The van der Waals surface area contributed by atoms with Crippen LogP contribution < -0.4 is 9.62 Å². The third-order valence-corrected chi connectivity index (χ3v) is 5.95. The highest BCUT2D eigenvalue weighted by molar-refractivity contribution is 7.94. The van der Waals surface area contributed by atoms with Crippen molar-refractivity contribution < 1.29 is 18.0 Å². The number of sulfonamides is 1. The number of hydrogen-bond acceptors (Lipinski definition) is 4. The predicted molar refractivity (Wildman–Crippen MR) is 93.3 cm³/mol. The van der Waals surface area contributed by atoms with Crippen molar-refractivity contribution in [2.45, 2.75) is 34.1 Å². The minimum atomic E-state index is -3.72. The summed E-state index contributed by atoms with van der Waals surface area (Å²) in [5, 5.41) is 2.80. The summed E-state index contributed by atoms with van der Waals surface area (Å²) in [6.07, 6.45) is 0.860. The molecule has 1 aromatic rings. The number of hydrogen-bond donors (Lipinski definition) is 1. The van der Waals surface area contributed by atoms with E-state index in [-0.39, 0.29) is 17.3 Å². The summed E-state index contributed by atoms with van der Waals surface area (Å²) >= 11 is 0. The van der Waals surface area contributed by atoms with Crippen molar-refractivity contribution in [1.82, 2.24) is 5.32 Å². The van der Waals surface area contributed by atoms with Gasteiger partial charge in [-0.1, -0.05) is 19.9 Å². The van der Waals surface area contributed by atoms with Gasteiger partial charge in [-0.3, -0.25) is 9.59 Å². The third-order valence-electron chi connectivity index (χ3n) is 3.93. The molecule has 2 amide bonds. The van der Waals surface area contributed by atoms with E-state index in [1.54, 1.807) is 26.0 Å². The molecule has 1 saturated heterocycles. The average molecular weight is 352 g/mol. The second-order valence-corrected chi connectivity index (χ2v) is 9.02. The van der Waals surface area contributed by atoms with Crippen LogP contribution in [0.5, 0.6) is 0 Å². The van der Waals surface area contributed by atoms with Gasteiger partial charge < -0.3 is 5.32 Å². The number of nitrogens with zero attached hydrogens (tertiary/aromatic N) is 1. The lowest BCUT2D eigenvalue weighted by atomic mass is 9.95. The number of anilines is 1. The predicted octanol–water partition coefficient (Wildman–Crippen LogP) is 2.17. The Balaban J connectivity index is 2.25. The van der Waals surface area contributed by atoms with Crippen LogP contribution in [0.3, 0.4) is 0 Å². The Hall–Kier alpha value is -1.89. The van der Waals surface area contributed by atoms with Crippen molar-refractivity contribution in [3.63, 3.8) is 0 Å². The van der Waals surface area contributed by atoms with Gasteiger partial charge in [-0.25, -0.2) is 12.7 Å². The van der Waals surface area contributed by atoms with Gasteiger partial charge in [0.05, 0.1) is 16.9 Å². The molecule has 0 aliphatic carbocycles. The van der Waals surface area contributed by atoms with E-state index in [1.165, 1.54) is 12.1 Å². The highest BCUT2D eigenvalue weighted by Gasteiger charge is 2.49. The van der Waals surface area contributed by atoms with Gasteiger partial charge in [-0.05, 0) is 44.4 Å². The van der Waals surface area contributed by atoms with E-state index in [0.717, 1.165) is 10.7 Å². The normalized spacial score (nSPS) is 18.9. The Morgan fingerprint density at radius 1 is 1.33 bits per heavy atom. The van der Waals surface area contributed by atoms with E-state index >= 15 is 0 Å². The lowest BCUT2D eigenvalue weighted by Crippen LogP contribution is -2.33. The summed E-state index contributed by atoms with van der Waals surface area (Å²) in [4.78, 5) is 24.6. The van der Waals surface area contributed by atoms with Crippen LogP contribution in [0.4, 0.5) is 5.69 Å². The molecule has 1 fully saturated rings. The van der Waals surface area contributed by atoms with Crippen LogP contribution in [0, 0.1) is 11.3 Å². The van der Waals surface area contributed by atoms with Gasteiger partial charge in [-0.2, -0.15) is 0 Å². The van der Waals surface area contributed by atoms with E-state index in [2.05, 4.69) is 19.2 Å². The average Bonchev–Trinajstić information content (AvgIpc) is 2.62. The van der Waals surface area contributed by atoms with Crippen LogP contribution in [-0.4, -0.2) is 32.5 Å². The Bertz CT molecular complexity index is 754. The Morgan fingerprint density at radius 2 is 2.00 bits per heavy atom. The summed E-state index contributed by atoms with van der Waals surface area (Å²) in [5.41, 5.74) is -0.417. The van der Waals surface area contributed by atoms with Gasteiger partial charge in [0, 0.05) is 12.1 Å². The monoisotopic (exact) mass is 352 g/mol. The molecule has 24 heavy (non-hydrogen) atoms. The molecule has 1 aliphatic rings. The first-order chi connectivity index (χ1) is 11.0. The SMILES string of the molecule is CC(C)CCNC(=O)c1cccc(N2C(=O)C(C)(C)CS2(=O)=O)c1. The summed E-state index contributed by atoms with van der Waals surface area (Å²) in [6.45, 7) is 7.90. The Kier molecular flexibility index (Phi) is 5.03. The minimum Gasteiger partial charge on any atom is -0.352 e. The minimum absolute atomic E-state index is 0.210. The summed E-state index contributed by atoms with van der Waals surface area (Å²) < 4.78 is 25.5. The van der Waals surface area contributed by atoms with Crippen molar-refractivity contribution in [3.05, 3.63) is 29.8 Å². The van der Waals surface area contributed by atoms with E-state index in [9.17, 15) is 18.0 Å². The Labute approximate surface area is 143 Å². The van der Waals surface area contributed by atoms with Crippen molar-refractivity contribution in [3.8, 4) is 0 Å². The Morgan fingerprint density at radius 3 is 2.54 bits per heavy atom. The molecular formula is C17H24N2O4S. The molecule has 132 valence electrons. The van der Waals surface area contributed by atoms with Gasteiger partial charge in [-0.15, -0.1) is 0 Å². The molecule has 2 rings (SSSR count). The van der Waals surface area contributed by atoms with Crippen molar-refractivity contribution in [2.75, 3.05) is 16.6 Å². The van der Waals surface area contributed by atoms with Crippen LogP contribution in [-0.2, 0) is 14.8 Å². The topological polar surface area (TPSA) is 83.6 Å². The molecule has 1 aliphatic heterocycles. The molecule has 1 aromatic carbocycles. The molecule has 0 radical (unpaired) electrons.